The third-order valence-electron chi connectivity index (χ3n) is 9.23. The van der Waals surface area contributed by atoms with Crippen LogP contribution in [0.1, 0.15) is 73.9 Å². The van der Waals surface area contributed by atoms with Crippen LogP contribution in [-0.2, 0) is 10.8 Å². The molecule has 0 saturated heterocycles. The van der Waals surface area contributed by atoms with E-state index in [2.05, 4.69) is 137 Å². The molecule has 0 N–H and O–H groups in total. The SMILES string of the molecule is Cc1cc(N2C=CCC=C2)cc2c1-c1cc3c(cc1C2(C)C)-c1c(C)cc(N2C=CCC=C2)cc1C3(C)C. The predicted octanol–water partition coefficient (Wildman–Crippen LogP) is 9.39. The summed E-state index contributed by atoms with van der Waals surface area (Å²) in [5.41, 5.74) is 16.5. The third-order valence-corrected chi connectivity index (χ3v) is 9.23. The molecule has 2 heteroatoms. The zero-order valence-electron chi connectivity index (χ0n) is 23.4. The van der Waals surface area contributed by atoms with E-state index in [1.165, 1.54) is 67.0 Å². The van der Waals surface area contributed by atoms with E-state index in [-0.39, 0.29) is 10.8 Å². The molecule has 2 aliphatic carbocycles. The van der Waals surface area contributed by atoms with Gasteiger partial charge in [0, 0.05) is 47.0 Å². The Morgan fingerprint density at radius 3 is 1.24 bits per heavy atom. The first-order chi connectivity index (χ1) is 18.2. The van der Waals surface area contributed by atoms with Gasteiger partial charge in [-0.25, -0.2) is 0 Å². The van der Waals surface area contributed by atoms with Gasteiger partial charge < -0.3 is 9.80 Å². The van der Waals surface area contributed by atoms with E-state index >= 15 is 0 Å². The third kappa shape index (κ3) is 3.13. The average molecular weight is 497 g/mol. The van der Waals surface area contributed by atoms with Crippen molar-refractivity contribution in [3.63, 3.8) is 0 Å². The van der Waals surface area contributed by atoms with Crippen molar-refractivity contribution in [2.75, 3.05) is 9.80 Å². The molecule has 0 radical (unpaired) electrons. The zero-order chi connectivity index (χ0) is 26.4. The highest BCUT2D eigenvalue weighted by Gasteiger charge is 2.43. The largest absolute Gasteiger partial charge is 0.324 e. The number of hydrogen-bond donors (Lipinski definition) is 0. The molecule has 2 nitrogen and oxygen atoms in total. The van der Waals surface area contributed by atoms with Crippen LogP contribution in [0.4, 0.5) is 11.4 Å². The summed E-state index contributed by atoms with van der Waals surface area (Å²) in [6, 6.07) is 14.6. The quantitative estimate of drug-likeness (QED) is 0.349. The number of allylic oxidation sites excluding steroid dienone is 4. The van der Waals surface area contributed by atoms with E-state index in [0.717, 1.165) is 12.8 Å². The molecule has 0 fully saturated rings. The molecule has 0 bridgehead atoms. The summed E-state index contributed by atoms with van der Waals surface area (Å²) >= 11 is 0. The molecule has 2 heterocycles. The monoisotopic (exact) mass is 496 g/mol. The molecule has 0 aromatic heterocycles. The molecule has 4 aliphatic rings. The summed E-state index contributed by atoms with van der Waals surface area (Å²) in [5.74, 6) is 0. The normalized spacial score (nSPS) is 19.0. The van der Waals surface area contributed by atoms with Gasteiger partial charge in [0.2, 0.25) is 0 Å². The number of benzene rings is 3. The van der Waals surface area contributed by atoms with Crippen LogP contribution in [0.3, 0.4) is 0 Å². The number of aryl methyl sites for hydroxylation is 2. The van der Waals surface area contributed by atoms with Gasteiger partial charge in [0.15, 0.2) is 0 Å². The minimum Gasteiger partial charge on any atom is -0.324 e. The van der Waals surface area contributed by atoms with Gasteiger partial charge in [-0.2, -0.15) is 0 Å². The first-order valence-electron chi connectivity index (χ1n) is 13.9. The Labute approximate surface area is 227 Å². The van der Waals surface area contributed by atoms with E-state index in [9.17, 15) is 0 Å². The van der Waals surface area contributed by atoms with Crippen molar-refractivity contribution in [3.8, 4) is 22.3 Å². The second-order valence-electron chi connectivity index (χ2n) is 12.4. The first kappa shape index (κ1) is 23.3. The Morgan fingerprint density at radius 1 is 0.500 bits per heavy atom. The molecule has 2 aliphatic heterocycles. The highest BCUT2D eigenvalue weighted by atomic mass is 15.1. The Kier molecular flexibility index (Phi) is 4.83. The lowest BCUT2D eigenvalue weighted by molar-refractivity contribution is 0.652. The highest BCUT2D eigenvalue weighted by molar-refractivity contribution is 5.93. The maximum absolute atomic E-state index is 2.53. The summed E-state index contributed by atoms with van der Waals surface area (Å²) in [6.07, 6.45) is 19.7. The maximum Gasteiger partial charge on any atom is 0.0455 e. The van der Waals surface area contributed by atoms with Gasteiger partial charge >= 0.3 is 0 Å². The van der Waals surface area contributed by atoms with Crippen LogP contribution in [-0.4, -0.2) is 0 Å². The van der Waals surface area contributed by atoms with Crippen LogP contribution in [0.2, 0.25) is 0 Å². The van der Waals surface area contributed by atoms with Gasteiger partial charge in [0.05, 0.1) is 0 Å². The number of fused-ring (bicyclic) bond motifs is 6. The van der Waals surface area contributed by atoms with E-state index in [0.29, 0.717) is 0 Å². The van der Waals surface area contributed by atoms with Gasteiger partial charge in [-0.15, -0.1) is 0 Å². The van der Waals surface area contributed by atoms with Crippen molar-refractivity contribution >= 4 is 11.4 Å². The highest BCUT2D eigenvalue weighted by Crippen LogP contribution is 2.58. The van der Waals surface area contributed by atoms with Gasteiger partial charge in [0.1, 0.15) is 0 Å². The molecule has 7 rings (SSSR count). The summed E-state index contributed by atoms with van der Waals surface area (Å²) in [4.78, 5) is 4.51. The van der Waals surface area contributed by atoms with Crippen molar-refractivity contribution < 1.29 is 0 Å². The number of rotatable bonds is 2. The van der Waals surface area contributed by atoms with Crippen LogP contribution in [0.15, 0.2) is 85.5 Å². The minimum absolute atomic E-state index is 0.0617. The fraction of sp³-hybridized carbons (Fsp3) is 0.278. The van der Waals surface area contributed by atoms with Gasteiger partial charge in [-0.05, 0) is 119 Å². The Hall–Kier alpha value is -3.78. The lowest BCUT2D eigenvalue weighted by atomic mass is 9.79. The smallest absolute Gasteiger partial charge is 0.0455 e. The maximum atomic E-state index is 2.53. The van der Waals surface area contributed by atoms with Crippen molar-refractivity contribution in [3.05, 3.63) is 119 Å². The molecule has 0 saturated carbocycles. The fourth-order valence-corrected chi connectivity index (χ4v) is 7.17. The molecular weight excluding hydrogens is 460 g/mol. The summed E-state index contributed by atoms with van der Waals surface area (Å²) in [5, 5.41) is 0. The first-order valence-corrected chi connectivity index (χ1v) is 13.9. The average Bonchev–Trinajstić information content (AvgIpc) is 3.28. The van der Waals surface area contributed by atoms with Crippen LogP contribution in [0, 0.1) is 13.8 Å². The van der Waals surface area contributed by atoms with Crippen LogP contribution < -0.4 is 9.80 Å². The lowest BCUT2D eigenvalue weighted by Gasteiger charge is -2.26. The van der Waals surface area contributed by atoms with Crippen LogP contribution in [0.25, 0.3) is 22.3 Å². The minimum atomic E-state index is -0.0617. The number of anilines is 2. The zero-order valence-corrected chi connectivity index (χ0v) is 23.4. The van der Waals surface area contributed by atoms with Gasteiger partial charge in [-0.3, -0.25) is 0 Å². The van der Waals surface area contributed by atoms with E-state index in [4.69, 9.17) is 0 Å². The number of nitrogens with zero attached hydrogens (tertiary/aromatic N) is 2. The molecular formula is C36H36N2. The van der Waals surface area contributed by atoms with Gasteiger partial charge in [0.25, 0.3) is 0 Å². The molecule has 190 valence electrons. The summed E-state index contributed by atoms with van der Waals surface area (Å²) in [7, 11) is 0. The second-order valence-corrected chi connectivity index (χ2v) is 12.4. The Bertz CT molecular complexity index is 1490. The molecule has 0 amide bonds. The standard InChI is InChI=1S/C36H36N2/c1-23-17-25(37-13-9-7-10-14-37)19-31-33(23)27-21-30-28(22-29(27)35(31,3)4)34-24(2)18-26(20-32(34)36(30,5)6)38-15-11-8-12-16-38/h9-22H,7-8H2,1-6H3. The molecule has 0 atom stereocenters. The second kappa shape index (κ2) is 7.86. The van der Waals surface area contributed by atoms with Crippen molar-refractivity contribution in [2.24, 2.45) is 0 Å². The Morgan fingerprint density at radius 2 is 0.868 bits per heavy atom. The molecule has 0 spiro atoms. The van der Waals surface area contributed by atoms with Gasteiger partial charge in [-0.1, -0.05) is 52.0 Å². The molecule has 3 aromatic rings. The molecule has 38 heavy (non-hydrogen) atoms. The van der Waals surface area contributed by atoms with E-state index in [1.54, 1.807) is 0 Å². The molecule has 0 unspecified atom stereocenters. The summed E-state index contributed by atoms with van der Waals surface area (Å²) < 4.78 is 0. The Balaban J connectivity index is 1.40. The van der Waals surface area contributed by atoms with E-state index in [1.807, 2.05) is 0 Å². The number of hydrogen-bond acceptors (Lipinski definition) is 2. The van der Waals surface area contributed by atoms with Crippen LogP contribution >= 0.6 is 0 Å². The fourth-order valence-electron chi connectivity index (χ4n) is 7.17. The van der Waals surface area contributed by atoms with Crippen molar-refractivity contribution in [1.82, 2.24) is 0 Å². The molecule has 3 aromatic carbocycles. The predicted molar refractivity (Wildman–Crippen MR) is 162 cm³/mol. The van der Waals surface area contributed by atoms with Crippen molar-refractivity contribution in [1.29, 1.82) is 0 Å². The topological polar surface area (TPSA) is 6.48 Å². The summed E-state index contributed by atoms with van der Waals surface area (Å²) in [6.45, 7) is 14.2. The van der Waals surface area contributed by atoms with E-state index < -0.39 is 0 Å². The van der Waals surface area contributed by atoms with Crippen LogP contribution in [0.5, 0.6) is 0 Å². The lowest BCUT2D eigenvalue weighted by Crippen LogP contribution is -2.18. The van der Waals surface area contributed by atoms with Crippen molar-refractivity contribution in [2.45, 2.75) is 65.2 Å².